The predicted octanol–water partition coefficient (Wildman–Crippen LogP) is 5.37. The lowest BCUT2D eigenvalue weighted by Crippen LogP contribution is -2.55. The summed E-state index contributed by atoms with van der Waals surface area (Å²) in [4.78, 5) is 2.58. The van der Waals surface area contributed by atoms with Crippen LogP contribution in [-0.4, -0.2) is 37.7 Å². The molecule has 2 aromatic carbocycles. The van der Waals surface area contributed by atoms with Crippen molar-refractivity contribution in [3.8, 4) is 11.5 Å². The SMILES string of the molecule is COc1cc(CNC2CN3CCC2CC3)cc(Br)c1OCc1ccc(C)cc1.Cl.Cl. The number of piperidine rings is 3. The van der Waals surface area contributed by atoms with Crippen LogP contribution in [-0.2, 0) is 13.2 Å². The molecule has 0 radical (unpaired) electrons. The summed E-state index contributed by atoms with van der Waals surface area (Å²) in [6, 6.07) is 13.2. The van der Waals surface area contributed by atoms with Gasteiger partial charge in [0, 0.05) is 19.1 Å². The minimum absolute atomic E-state index is 0. The minimum atomic E-state index is 0. The van der Waals surface area contributed by atoms with Gasteiger partial charge < -0.3 is 19.7 Å². The summed E-state index contributed by atoms with van der Waals surface area (Å²) in [6.45, 7) is 7.19. The van der Waals surface area contributed by atoms with Crippen molar-refractivity contribution in [3.63, 3.8) is 0 Å². The number of benzene rings is 2. The molecule has 3 fully saturated rings. The van der Waals surface area contributed by atoms with Crippen LogP contribution in [0.25, 0.3) is 0 Å². The number of hydrogen-bond acceptors (Lipinski definition) is 4. The number of halogens is 3. The van der Waals surface area contributed by atoms with Gasteiger partial charge in [0.25, 0.3) is 0 Å². The summed E-state index contributed by atoms with van der Waals surface area (Å²) in [5.74, 6) is 2.36. The van der Waals surface area contributed by atoms with Gasteiger partial charge in [-0.1, -0.05) is 29.8 Å². The summed E-state index contributed by atoms with van der Waals surface area (Å²) in [5, 5.41) is 3.77. The van der Waals surface area contributed by atoms with Crippen LogP contribution < -0.4 is 14.8 Å². The van der Waals surface area contributed by atoms with Crippen molar-refractivity contribution in [2.24, 2.45) is 5.92 Å². The fourth-order valence-corrected chi connectivity index (χ4v) is 4.90. The second-order valence-corrected chi connectivity index (χ2v) is 8.86. The molecule has 3 aliphatic rings. The summed E-state index contributed by atoms with van der Waals surface area (Å²) >= 11 is 3.68. The maximum atomic E-state index is 6.08. The first-order valence-corrected chi connectivity index (χ1v) is 10.9. The predicted molar refractivity (Wildman–Crippen MR) is 130 cm³/mol. The Labute approximate surface area is 200 Å². The van der Waals surface area contributed by atoms with E-state index in [4.69, 9.17) is 9.47 Å². The van der Waals surface area contributed by atoms with Crippen molar-refractivity contribution in [1.29, 1.82) is 0 Å². The van der Waals surface area contributed by atoms with E-state index in [0.717, 1.165) is 34.0 Å². The second kappa shape index (κ2) is 11.6. The highest BCUT2D eigenvalue weighted by Gasteiger charge is 2.33. The Morgan fingerprint density at radius 3 is 2.37 bits per heavy atom. The van der Waals surface area contributed by atoms with Gasteiger partial charge in [-0.3, -0.25) is 0 Å². The highest BCUT2D eigenvalue weighted by Crippen LogP contribution is 2.37. The first-order valence-electron chi connectivity index (χ1n) is 10.1. The topological polar surface area (TPSA) is 33.7 Å². The normalized spacial score (nSPS) is 22.0. The number of ether oxygens (including phenoxy) is 2. The standard InChI is InChI=1S/C23H29BrN2O2.2ClH/c1-16-3-5-17(6-4-16)15-28-23-20(24)11-18(12-22(23)27-2)13-25-21-14-26-9-7-19(21)8-10-26;;/h3-6,11-12,19,21,25H,7-10,13-15H2,1-2H3;2*1H. The number of fused-ring (bicyclic) bond motifs is 3. The summed E-state index contributed by atoms with van der Waals surface area (Å²) < 4.78 is 12.6. The smallest absolute Gasteiger partial charge is 0.175 e. The van der Waals surface area contributed by atoms with Crippen molar-refractivity contribution >= 4 is 40.7 Å². The van der Waals surface area contributed by atoms with E-state index in [1.165, 1.54) is 43.6 Å². The fourth-order valence-electron chi connectivity index (χ4n) is 4.30. The molecule has 166 valence electrons. The fraction of sp³-hybridized carbons (Fsp3) is 0.478. The third-order valence-corrected chi connectivity index (χ3v) is 6.61. The molecule has 1 N–H and O–H groups in total. The van der Waals surface area contributed by atoms with E-state index in [2.05, 4.69) is 69.5 Å². The van der Waals surface area contributed by atoms with Crippen LogP contribution in [0.2, 0.25) is 0 Å². The zero-order valence-corrected chi connectivity index (χ0v) is 20.7. The highest BCUT2D eigenvalue weighted by atomic mass is 79.9. The van der Waals surface area contributed by atoms with E-state index in [-0.39, 0.29) is 24.8 Å². The van der Waals surface area contributed by atoms with E-state index >= 15 is 0 Å². The molecule has 0 aromatic heterocycles. The molecule has 2 aromatic rings. The zero-order chi connectivity index (χ0) is 19.5. The van der Waals surface area contributed by atoms with Crippen molar-refractivity contribution in [2.75, 3.05) is 26.7 Å². The molecule has 0 saturated carbocycles. The van der Waals surface area contributed by atoms with Crippen LogP contribution in [0.15, 0.2) is 40.9 Å². The molecular formula is C23H31BrCl2N2O2. The lowest BCUT2D eigenvalue weighted by molar-refractivity contribution is 0.0720. The monoisotopic (exact) mass is 516 g/mol. The number of aryl methyl sites for hydroxylation is 1. The van der Waals surface area contributed by atoms with Gasteiger partial charge in [-0.25, -0.2) is 0 Å². The summed E-state index contributed by atoms with van der Waals surface area (Å²) in [6.07, 6.45) is 2.66. The second-order valence-electron chi connectivity index (χ2n) is 8.01. The molecule has 5 rings (SSSR count). The Kier molecular flexibility index (Phi) is 9.76. The van der Waals surface area contributed by atoms with E-state index in [0.29, 0.717) is 12.6 Å². The van der Waals surface area contributed by atoms with Crippen LogP contribution >= 0.6 is 40.7 Å². The number of rotatable bonds is 7. The van der Waals surface area contributed by atoms with E-state index in [1.54, 1.807) is 7.11 Å². The molecule has 3 heterocycles. The third-order valence-electron chi connectivity index (χ3n) is 6.02. The highest BCUT2D eigenvalue weighted by molar-refractivity contribution is 9.10. The van der Waals surface area contributed by atoms with E-state index < -0.39 is 0 Å². The molecule has 1 unspecified atom stereocenters. The molecule has 4 nitrogen and oxygen atoms in total. The molecule has 2 bridgehead atoms. The molecule has 30 heavy (non-hydrogen) atoms. The average molecular weight is 518 g/mol. The van der Waals surface area contributed by atoms with Gasteiger partial charge in [0.05, 0.1) is 11.6 Å². The summed E-state index contributed by atoms with van der Waals surface area (Å²) in [7, 11) is 1.70. The Morgan fingerprint density at radius 1 is 1.07 bits per heavy atom. The molecule has 0 aliphatic carbocycles. The number of nitrogens with one attached hydrogen (secondary N) is 1. The third kappa shape index (κ3) is 6.04. The quantitative estimate of drug-likeness (QED) is 0.535. The van der Waals surface area contributed by atoms with Crippen LogP contribution in [0.3, 0.4) is 0 Å². The van der Waals surface area contributed by atoms with E-state index in [1.807, 2.05) is 0 Å². The Morgan fingerprint density at radius 2 is 1.77 bits per heavy atom. The van der Waals surface area contributed by atoms with Gasteiger partial charge in [0.15, 0.2) is 11.5 Å². The van der Waals surface area contributed by atoms with Crippen LogP contribution in [0.1, 0.15) is 29.5 Å². The Bertz CT molecular complexity index is 812. The Hall–Kier alpha value is -0.980. The first-order chi connectivity index (χ1) is 13.6. The first kappa shape index (κ1) is 25.3. The maximum Gasteiger partial charge on any atom is 0.175 e. The van der Waals surface area contributed by atoms with Gasteiger partial charge in [-0.15, -0.1) is 24.8 Å². The number of methoxy groups -OCH3 is 1. The molecule has 0 spiro atoms. The van der Waals surface area contributed by atoms with E-state index in [9.17, 15) is 0 Å². The van der Waals surface area contributed by atoms with Crippen LogP contribution in [0.5, 0.6) is 11.5 Å². The minimum Gasteiger partial charge on any atom is -0.493 e. The average Bonchev–Trinajstić information content (AvgIpc) is 2.73. The van der Waals surface area contributed by atoms with Crippen molar-refractivity contribution in [1.82, 2.24) is 10.2 Å². The molecule has 7 heteroatoms. The van der Waals surface area contributed by atoms with Crippen LogP contribution in [0, 0.1) is 12.8 Å². The van der Waals surface area contributed by atoms with Crippen molar-refractivity contribution in [2.45, 2.75) is 39.0 Å². The molecule has 1 atom stereocenters. The van der Waals surface area contributed by atoms with Crippen molar-refractivity contribution < 1.29 is 9.47 Å². The maximum absolute atomic E-state index is 6.08. The number of hydrogen-bond donors (Lipinski definition) is 1. The molecule has 0 amide bonds. The van der Waals surface area contributed by atoms with Gasteiger partial charge in [-0.2, -0.15) is 0 Å². The van der Waals surface area contributed by atoms with Crippen molar-refractivity contribution in [3.05, 3.63) is 57.6 Å². The zero-order valence-electron chi connectivity index (χ0n) is 17.5. The molecule has 3 aliphatic heterocycles. The lowest BCUT2D eigenvalue weighted by atomic mass is 9.84. The summed E-state index contributed by atoms with van der Waals surface area (Å²) in [5.41, 5.74) is 3.61. The molecular weight excluding hydrogens is 487 g/mol. The van der Waals surface area contributed by atoms with Gasteiger partial charge in [0.1, 0.15) is 6.61 Å². The van der Waals surface area contributed by atoms with Crippen LogP contribution in [0.4, 0.5) is 0 Å². The number of nitrogens with zero attached hydrogens (tertiary/aromatic N) is 1. The van der Waals surface area contributed by atoms with Gasteiger partial charge >= 0.3 is 0 Å². The van der Waals surface area contributed by atoms with Gasteiger partial charge in [0.2, 0.25) is 0 Å². The van der Waals surface area contributed by atoms with Gasteiger partial charge in [-0.05, 0) is 78.0 Å². The lowest BCUT2D eigenvalue weighted by Gasteiger charge is -2.45. The molecule has 3 saturated heterocycles. The largest absolute Gasteiger partial charge is 0.493 e. The Balaban J connectivity index is 0.00000160.